The van der Waals surface area contributed by atoms with E-state index in [9.17, 15) is 4.57 Å². The molecule has 0 spiro atoms. The van der Waals surface area contributed by atoms with E-state index in [4.69, 9.17) is 48.2 Å². The predicted octanol–water partition coefficient (Wildman–Crippen LogP) is 1.74. The van der Waals surface area contributed by atoms with Crippen molar-refractivity contribution in [2.24, 2.45) is 5.41 Å². The second kappa shape index (κ2) is 22.8. The maximum atomic E-state index is 12.4. The van der Waals surface area contributed by atoms with Crippen LogP contribution in [0.2, 0.25) is 0 Å². The molecule has 0 aliphatic carbocycles. The second-order valence-corrected chi connectivity index (χ2v) is 7.77. The molecule has 0 rings (SSSR count). The zero-order valence-corrected chi connectivity index (χ0v) is 20.0. The van der Waals surface area contributed by atoms with Gasteiger partial charge in [-0.15, -0.1) is 0 Å². The minimum atomic E-state index is -3.68. The fourth-order valence-electron chi connectivity index (χ4n) is 1.50. The number of aliphatic hydroxyl groups excluding tert-OH is 4. The Kier molecular flexibility index (Phi) is 23.3. The number of ether oxygens (including phenoxy) is 3. The monoisotopic (exact) mass is 486 g/mol. The Labute approximate surface area is 190 Å². The van der Waals surface area contributed by atoms with Gasteiger partial charge in [-0.2, -0.15) is 0 Å². The van der Waals surface area contributed by atoms with Crippen LogP contribution in [0.5, 0.6) is 0 Å². The van der Waals surface area contributed by atoms with Gasteiger partial charge in [-0.3, -0.25) is 13.6 Å². The Hall–Kier alpha value is -1.43. The maximum absolute atomic E-state index is 12.4. The van der Waals surface area contributed by atoms with Crippen molar-refractivity contribution in [3.63, 3.8) is 0 Å². The van der Waals surface area contributed by atoms with Crippen molar-refractivity contribution in [2.45, 2.75) is 20.8 Å². The molecule has 0 aromatic carbocycles. The second-order valence-electron chi connectivity index (χ2n) is 6.10. The summed E-state index contributed by atoms with van der Waals surface area (Å²) >= 11 is 0. The molecule has 0 amide bonds. The highest BCUT2D eigenvalue weighted by atomic mass is 31.2. The fraction of sp³-hybridized carbons (Fsp3) is 0.700. The van der Waals surface area contributed by atoms with E-state index in [1.165, 1.54) is 18.8 Å². The lowest BCUT2D eigenvalue weighted by Crippen LogP contribution is -2.37. The highest BCUT2D eigenvalue weighted by Gasteiger charge is 2.27. The van der Waals surface area contributed by atoms with Crippen molar-refractivity contribution in [1.82, 2.24) is 0 Å². The SMILES string of the molecule is CC=COCCOP(=O)(OCCOC=CC)OCCOC=CC.OCC(CO)(CO)CO. The minimum absolute atomic E-state index is 0.0764. The van der Waals surface area contributed by atoms with E-state index in [0.717, 1.165) is 0 Å². The standard InChI is InChI=1S/C15H27O7P.C5H12O4/c1-4-7-17-10-13-20-23(16,21-14-11-18-8-5-2)22-15-12-19-9-6-3;6-1-5(2-7,3-8)4-9/h4-9H,10-15H2,1-3H3;6-9H,1-4H2. The molecule has 0 unspecified atom stereocenters. The lowest BCUT2D eigenvalue weighted by atomic mass is 9.93. The molecule has 0 radical (unpaired) electrons. The summed E-state index contributed by atoms with van der Waals surface area (Å²) in [7, 11) is -3.68. The summed E-state index contributed by atoms with van der Waals surface area (Å²) < 4.78 is 43.3. The van der Waals surface area contributed by atoms with Gasteiger partial charge in [0.1, 0.15) is 19.8 Å². The van der Waals surface area contributed by atoms with Crippen molar-refractivity contribution in [2.75, 3.05) is 66.1 Å². The predicted molar refractivity (Wildman–Crippen MR) is 119 cm³/mol. The molecule has 0 aromatic heterocycles. The van der Waals surface area contributed by atoms with Gasteiger partial charge >= 0.3 is 7.82 Å². The molecule has 12 heteroatoms. The molecule has 0 fully saturated rings. The van der Waals surface area contributed by atoms with Crippen LogP contribution in [0.3, 0.4) is 0 Å². The first-order valence-corrected chi connectivity index (χ1v) is 11.5. The first kappa shape index (κ1) is 32.7. The number of hydrogen-bond donors (Lipinski definition) is 4. The summed E-state index contributed by atoms with van der Waals surface area (Å²) in [5, 5.41) is 34.0. The molecule has 0 saturated heterocycles. The van der Waals surface area contributed by atoms with Crippen LogP contribution < -0.4 is 0 Å². The summed E-state index contributed by atoms with van der Waals surface area (Å²) in [6.45, 7) is 4.81. The number of phosphoric acid groups is 1. The van der Waals surface area contributed by atoms with Crippen LogP contribution >= 0.6 is 7.82 Å². The molecule has 0 atom stereocenters. The highest BCUT2D eigenvalue weighted by molar-refractivity contribution is 7.48. The third-order valence-electron chi connectivity index (χ3n) is 3.39. The molecule has 0 saturated carbocycles. The van der Waals surface area contributed by atoms with Crippen molar-refractivity contribution in [1.29, 1.82) is 0 Å². The van der Waals surface area contributed by atoms with Crippen LogP contribution in [-0.2, 0) is 32.3 Å². The van der Waals surface area contributed by atoms with E-state index in [1.54, 1.807) is 18.2 Å². The van der Waals surface area contributed by atoms with Gasteiger partial charge in [0.2, 0.25) is 0 Å². The van der Waals surface area contributed by atoms with Crippen LogP contribution in [0.15, 0.2) is 37.0 Å². The van der Waals surface area contributed by atoms with Gasteiger partial charge in [-0.1, -0.05) is 18.2 Å². The van der Waals surface area contributed by atoms with Gasteiger partial charge in [0.05, 0.1) is 70.4 Å². The molecule has 11 nitrogen and oxygen atoms in total. The third kappa shape index (κ3) is 18.2. The zero-order chi connectivity index (χ0) is 24.6. The Bertz CT molecular complexity index is 459. The van der Waals surface area contributed by atoms with Crippen molar-refractivity contribution in [3.8, 4) is 0 Å². The van der Waals surface area contributed by atoms with E-state index in [1.807, 2.05) is 20.8 Å². The Balaban J connectivity index is 0. The smallest absolute Gasteiger partial charge is 0.475 e. The Morgan fingerprint density at radius 3 is 1.06 bits per heavy atom. The Morgan fingerprint density at radius 2 is 0.875 bits per heavy atom. The molecule has 0 aromatic rings. The van der Waals surface area contributed by atoms with Gasteiger partial charge in [0.15, 0.2) is 0 Å². The molecule has 190 valence electrons. The third-order valence-corrected chi connectivity index (χ3v) is 4.89. The molecule has 0 bridgehead atoms. The number of allylic oxidation sites excluding steroid dienone is 3. The summed E-state index contributed by atoms with van der Waals surface area (Å²) in [6.07, 6.45) is 9.78. The average Bonchev–Trinajstić information content (AvgIpc) is 2.81. The van der Waals surface area contributed by atoms with E-state index in [0.29, 0.717) is 0 Å². The Morgan fingerprint density at radius 1 is 0.594 bits per heavy atom. The molecule has 0 aliphatic rings. The van der Waals surface area contributed by atoms with Gasteiger partial charge in [0.25, 0.3) is 0 Å². The van der Waals surface area contributed by atoms with Crippen LogP contribution in [0.1, 0.15) is 20.8 Å². The average molecular weight is 486 g/mol. The van der Waals surface area contributed by atoms with Crippen LogP contribution in [-0.4, -0.2) is 86.5 Å². The van der Waals surface area contributed by atoms with Crippen molar-refractivity contribution in [3.05, 3.63) is 37.0 Å². The van der Waals surface area contributed by atoms with E-state index >= 15 is 0 Å². The maximum Gasteiger partial charge on any atom is 0.475 e. The summed E-state index contributed by atoms with van der Waals surface area (Å²) in [5.41, 5.74) is -1.11. The largest absolute Gasteiger partial charge is 0.499 e. The van der Waals surface area contributed by atoms with Gasteiger partial charge in [-0.25, -0.2) is 4.57 Å². The number of aliphatic hydroxyl groups is 4. The fourth-order valence-corrected chi connectivity index (χ4v) is 2.61. The summed E-state index contributed by atoms with van der Waals surface area (Å²) in [6, 6.07) is 0. The van der Waals surface area contributed by atoms with E-state index < -0.39 is 39.7 Å². The van der Waals surface area contributed by atoms with Crippen LogP contribution in [0.25, 0.3) is 0 Å². The van der Waals surface area contributed by atoms with Gasteiger partial charge in [-0.05, 0) is 20.8 Å². The lowest BCUT2D eigenvalue weighted by Gasteiger charge is -2.23. The van der Waals surface area contributed by atoms with E-state index in [-0.39, 0.29) is 39.6 Å². The molecule has 0 aliphatic heterocycles. The first-order chi connectivity index (χ1) is 15.4. The van der Waals surface area contributed by atoms with Crippen LogP contribution in [0, 0.1) is 5.41 Å². The molecular weight excluding hydrogens is 447 g/mol. The quantitative estimate of drug-likeness (QED) is 0.120. The normalized spacial score (nSPS) is 13.8. The summed E-state index contributed by atoms with van der Waals surface area (Å²) in [4.78, 5) is 0. The number of phosphoric ester groups is 1. The van der Waals surface area contributed by atoms with Gasteiger partial charge in [0, 0.05) is 0 Å². The molecular formula is C20H39O11P. The molecule has 0 heterocycles. The highest BCUT2D eigenvalue weighted by Crippen LogP contribution is 2.49. The first-order valence-electron chi connectivity index (χ1n) is 10.1. The minimum Gasteiger partial charge on any atom is -0.499 e. The zero-order valence-electron chi connectivity index (χ0n) is 19.1. The topological polar surface area (TPSA) is 153 Å². The molecule has 4 N–H and O–H groups in total. The number of hydrogen-bond acceptors (Lipinski definition) is 11. The van der Waals surface area contributed by atoms with Crippen molar-refractivity contribution >= 4 is 7.82 Å². The number of rotatable bonds is 19. The van der Waals surface area contributed by atoms with Crippen LogP contribution in [0.4, 0.5) is 0 Å². The molecule has 32 heavy (non-hydrogen) atoms. The van der Waals surface area contributed by atoms with Gasteiger partial charge < -0.3 is 34.6 Å². The summed E-state index contributed by atoms with van der Waals surface area (Å²) in [5.74, 6) is 0. The van der Waals surface area contributed by atoms with E-state index in [2.05, 4.69) is 0 Å². The van der Waals surface area contributed by atoms with Crippen molar-refractivity contribution < 1.29 is 52.8 Å². The lowest BCUT2D eigenvalue weighted by molar-refractivity contribution is -0.0328.